The predicted molar refractivity (Wildman–Crippen MR) is 54.7 cm³/mol. The van der Waals surface area contributed by atoms with Crippen molar-refractivity contribution in [3.8, 4) is 11.4 Å². The molecule has 0 saturated heterocycles. The minimum absolute atomic E-state index is 0.188. The third kappa shape index (κ3) is 2.05. The highest BCUT2D eigenvalue weighted by molar-refractivity contribution is 6.67. The zero-order valence-electron chi connectivity index (χ0n) is 7.90. The zero-order chi connectivity index (χ0) is 10.8. The van der Waals surface area contributed by atoms with E-state index in [2.05, 4.69) is 14.7 Å². The van der Waals surface area contributed by atoms with Crippen LogP contribution < -0.4 is 0 Å². The lowest BCUT2D eigenvalue weighted by atomic mass is 10.1. The lowest BCUT2D eigenvalue weighted by Gasteiger charge is -1.93. The summed E-state index contributed by atoms with van der Waals surface area (Å²) >= 11 is 5.19. The topological polar surface area (TPSA) is 56.0 Å². The van der Waals surface area contributed by atoms with Gasteiger partial charge in [-0.05, 0) is 18.5 Å². The maximum absolute atomic E-state index is 10.7. The molecular weight excluding hydrogens is 216 g/mol. The summed E-state index contributed by atoms with van der Waals surface area (Å²) < 4.78 is 4.67. The average Bonchev–Trinajstić information content (AvgIpc) is 2.68. The molecule has 0 unspecified atom stereocenters. The van der Waals surface area contributed by atoms with Crippen molar-refractivity contribution in [1.29, 1.82) is 0 Å². The van der Waals surface area contributed by atoms with E-state index in [1.54, 1.807) is 0 Å². The second kappa shape index (κ2) is 3.82. The van der Waals surface area contributed by atoms with E-state index in [9.17, 15) is 4.79 Å². The first-order valence-electron chi connectivity index (χ1n) is 4.27. The Morgan fingerprint density at radius 2 is 2.00 bits per heavy atom. The predicted octanol–water partition coefficient (Wildman–Crippen LogP) is 2.42. The molecule has 5 heteroatoms. The van der Waals surface area contributed by atoms with Crippen LogP contribution in [0.15, 0.2) is 28.8 Å². The molecule has 4 nitrogen and oxygen atoms in total. The summed E-state index contributed by atoms with van der Waals surface area (Å²) in [6.07, 6.45) is 0. The Morgan fingerprint density at radius 3 is 2.53 bits per heavy atom. The first-order valence-corrected chi connectivity index (χ1v) is 4.65. The molecule has 1 aromatic heterocycles. The average molecular weight is 223 g/mol. The van der Waals surface area contributed by atoms with Crippen molar-refractivity contribution >= 4 is 16.8 Å². The van der Waals surface area contributed by atoms with Crippen LogP contribution in [-0.4, -0.2) is 15.4 Å². The van der Waals surface area contributed by atoms with Crippen LogP contribution in [0, 0.1) is 6.92 Å². The number of hydrogen-bond acceptors (Lipinski definition) is 4. The van der Waals surface area contributed by atoms with Gasteiger partial charge in [-0.3, -0.25) is 4.79 Å². The Morgan fingerprint density at radius 1 is 1.33 bits per heavy atom. The molecule has 2 aromatic rings. The number of carbonyl (C=O) groups is 1. The monoisotopic (exact) mass is 222 g/mol. The molecule has 0 radical (unpaired) electrons. The normalized spacial score (nSPS) is 10.3. The highest BCUT2D eigenvalue weighted by Gasteiger charge is 2.13. The Labute approximate surface area is 90.9 Å². The van der Waals surface area contributed by atoms with Gasteiger partial charge < -0.3 is 4.52 Å². The summed E-state index contributed by atoms with van der Waals surface area (Å²) in [4.78, 5) is 14.6. The molecule has 0 bridgehead atoms. The van der Waals surface area contributed by atoms with Crippen molar-refractivity contribution in [2.24, 2.45) is 0 Å². The van der Waals surface area contributed by atoms with Gasteiger partial charge in [-0.1, -0.05) is 35.0 Å². The number of nitrogens with zero attached hydrogens (tertiary/aromatic N) is 2. The maximum atomic E-state index is 10.7. The van der Waals surface area contributed by atoms with E-state index in [-0.39, 0.29) is 5.89 Å². The van der Waals surface area contributed by atoms with E-state index in [0.717, 1.165) is 11.1 Å². The van der Waals surface area contributed by atoms with Crippen molar-refractivity contribution in [2.45, 2.75) is 6.92 Å². The maximum Gasteiger partial charge on any atom is 0.310 e. The minimum atomic E-state index is -0.749. The molecule has 0 aliphatic carbocycles. The summed E-state index contributed by atoms with van der Waals surface area (Å²) in [5, 5.41) is 2.90. The first-order chi connectivity index (χ1) is 7.16. The molecule has 0 aliphatic heterocycles. The number of carbonyl (C=O) groups excluding carboxylic acids is 1. The lowest BCUT2D eigenvalue weighted by molar-refractivity contribution is 0.104. The summed E-state index contributed by atoms with van der Waals surface area (Å²) in [5.74, 6) is 0.172. The number of aromatic nitrogens is 2. The van der Waals surface area contributed by atoms with Gasteiger partial charge in [-0.2, -0.15) is 4.98 Å². The van der Waals surface area contributed by atoms with Crippen LogP contribution in [0.1, 0.15) is 16.2 Å². The fourth-order valence-electron chi connectivity index (χ4n) is 1.12. The second-order valence-corrected chi connectivity index (χ2v) is 3.41. The summed E-state index contributed by atoms with van der Waals surface area (Å²) in [6.45, 7) is 1.98. The van der Waals surface area contributed by atoms with E-state index in [1.165, 1.54) is 0 Å². The largest absolute Gasteiger partial charge is 0.329 e. The Balaban J connectivity index is 2.37. The van der Waals surface area contributed by atoms with Crippen LogP contribution in [0.5, 0.6) is 0 Å². The molecule has 0 aliphatic rings. The highest BCUT2D eigenvalue weighted by Crippen LogP contribution is 2.16. The molecule has 0 amide bonds. The van der Waals surface area contributed by atoms with Gasteiger partial charge in [0.1, 0.15) is 0 Å². The second-order valence-electron chi connectivity index (χ2n) is 3.06. The van der Waals surface area contributed by atoms with Crippen LogP contribution in [0.3, 0.4) is 0 Å². The molecule has 0 N–H and O–H groups in total. The summed E-state index contributed by atoms with van der Waals surface area (Å²) in [6, 6.07) is 7.55. The van der Waals surface area contributed by atoms with E-state index in [1.807, 2.05) is 31.2 Å². The molecule has 0 atom stereocenters. The van der Waals surface area contributed by atoms with Gasteiger partial charge in [0.2, 0.25) is 5.82 Å². The number of hydrogen-bond donors (Lipinski definition) is 0. The van der Waals surface area contributed by atoms with Gasteiger partial charge in [0.15, 0.2) is 0 Å². The third-order valence-corrected chi connectivity index (χ3v) is 2.07. The van der Waals surface area contributed by atoms with Crippen molar-refractivity contribution in [3.63, 3.8) is 0 Å². The summed E-state index contributed by atoms with van der Waals surface area (Å²) in [7, 11) is 0. The number of rotatable bonds is 2. The van der Waals surface area contributed by atoms with Crippen LogP contribution in [-0.2, 0) is 0 Å². The molecule has 1 aromatic carbocycles. The smallest absolute Gasteiger partial charge is 0.310 e. The van der Waals surface area contributed by atoms with Crippen LogP contribution >= 0.6 is 11.6 Å². The van der Waals surface area contributed by atoms with Gasteiger partial charge in [-0.15, -0.1) is 0 Å². The lowest BCUT2D eigenvalue weighted by Crippen LogP contribution is -1.88. The van der Waals surface area contributed by atoms with Gasteiger partial charge >= 0.3 is 11.1 Å². The number of halogens is 1. The van der Waals surface area contributed by atoms with Crippen molar-refractivity contribution in [1.82, 2.24) is 10.1 Å². The van der Waals surface area contributed by atoms with Gasteiger partial charge in [0.05, 0.1) is 0 Å². The molecule has 0 spiro atoms. The Kier molecular flexibility index (Phi) is 2.51. The highest BCUT2D eigenvalue weighted by atomic mass is 35.5. The molecule has 0 saturated carbocycles. The van der Waals surface area contributed by atoms with E-state index >= 15 is 0 Å². The molecule has 15 heavy (non-hydrogen) atoms. The Hall–Kier alpha value is -1.68. The third-order valence-electron chi connectivity index (χ3n) is 1.90. The zero-order valence-corrected chi connectivity index (χ0v) is 8.65. The summed E-state index contributed by atoms with van der Waals surface area (Å²) in [5.41, 5.74) is 1.92. The fourth-order valence-corrected chi connectivity index (χ4v) is 1.20. The fraction of sp³-hybridized carbons (Fsp3) is 0.100. The number of aryl methyl sites for hydroxylation is 1. The van der Waals surface area contributed by atoms with Gasteiger partial charge in [0.25, 0.3) is 0 Å². The molecule has 2 rings (SSSR count). The van der Waals surface area contributed by atoms with Crippen LogP contribution in [0.2, 0.25) is 0 Å². The Bertz CT molecular complexity index is 490. The molecular formula is C10H7ClN2O2. The van der Waals surface area contributed by atoms with Crippen molar-refractivity contribution in [2.75, 3.05) is 0 Å². The standard InChI is InChI=1S/C10H7ClN2O2/c1-6-2-4-7(5-3-6)9-12-10(8(11)14)15-13-9/h2-5H,1H3. The molecule has 76 valence electrons. The van der Waals surface area contributed by atoms with E-state index in [0.29, 0.717) is 5.82 Å². The van der Waals surface area contributed by atoms with Crippen molar-refractivity contribution in [3.05, 3.63) is 35.7 Å². The van der Waals surface area contributed by atoms with Gasteiger partial charge in [-0.25, -0.2) is 0 Å². The SMILES string of the molecule is Cc1ccc(-c2noc(C(=O)Cl)n2)cc1. The van der Waals surface area contributed by atoms with Crippen molar-refractivity contribution < 1.29 is 9.32 Å². The molecule has 0 fully saturated rings. The first kappa shape index (κ1) is 9.86. The molecule has 1 heterocycles. The minimum Gasteiger partial charge on any atom is -0.329 e. The quantitative estimate of drug-likeness (QED) is 0.733. The van der Waals surface area contributed by atoms with Crippen LogP contribution in [0.25, 0.3) is 11.4 Å². The number of benzene rings is 1. The van der Waals surface area contributed by atoms with Gasteiger partial charge in [0, 0.05) is 5.56 Å². The van der Waals surface area contributed by atoms with E-state index < -0.39 is 5.24 Å². The van der Waals surface area contributed by atoms with Crippen LogP contribution in [0.4, 0.5) is 0 Å². The van der Waals surface area contributed by atoms with E-state index in [4.69, 9.17) is 11.6 Å².